The molecule has 0 bridgehead atoms. The van der Waals surface area contributed by atoms with E-state index >= 15 is 0 Å². The van der Waals surface area contributed by atoms with Gasteiger partial charge in [-0.15, -0.1) is 0 Å². The third-order valence-corrected chi connectivity index (χ3v) is 3.24. The van der Waals surface area contributed by atoms with E-state index in [1.807, 2.05) is 18.2 Å². The maximum absolute atomic E-state index is 6.16. The van der Waals surface area contributed by atoms with Crippen LogP contribution in [0.3, 0.4) is 0 Å². The molecule has 0 saturated carbocycles. The summed E-state index contributed by atoms with van der Waals surface area (Å²) in [5.41, 5.74) is 4.56. The summed E-state index contributed by atoms with van der Waals surface area (Å²) < 4.78 is 5.14. The molecule has 0 saturated heterocycles. The first kappa shape index (κ1) is 13.9. The summed E-state index contributed by atoms with van der Waals surface area (Å²) in [5.74, 6) is 0. The molecule has 0 heterocycles. The molecule has 0 fully saturated rings. The smallest absolute Gasteiger partial charge is 0.0713 e. The minimum atomic E-state index is 0.638. The molecule has 0 unspecified atom stereocenters. The molecule has 0 spiro atoms. The predicted molar refractivity (Wildman–Crippen MR) is 80.7 cm³/mol. The van der Waals surface area contributed by atoms with E-state index in [9.17, 15) is 0 Å². The zero-order chi connectivity index (χ0) is 13.7. The lowest BCUT2D eigenvalue weighted by Gasteiger charge is -2.10. The fraction of sp³-hybridized carbons (Fsp3) is 0.250. The van der Waals surface area contributed by atoms with Crippen molar-refractivity contribution in [3.05, 3.63) is 64.2 Å². The van der Waals surface area contributed by atoms with Crippen LogP contribution in [0.2, 0.25) is 5.02 Å². The van der Waals surface area contributed by atoms with Crippen molar-refractivity contribution in [2.75, 3.05) is 12.4 Å². The van der Waals surface area contributed by atoms with Gasteiger partial charge in [-0.3, -0.25) is 0 Å². The van der Waals surface area contributed by atoms with Gasteiger partial charge in [-0.05, 0) is 35.7 Å². The number of anilines is 1. The largest absolute Gasteiger partial charge is 0.380 e. The number of halogens is 1. The molecule has 2 aromatic rings. The zero-order valence-electron chi connectivity index (χ0n) is 11.2. The third-order valence-electron chi connectivity index (χ3n) is 2.91. The Labute approximate surface area is 119 Å². The molecule has 0 aliphatic rings. The third kappa shape index (κ3) is 3.98. The maximum atomic E-state index is 6.16. The number of aryl methyl sites for hydroxylation is 1. The van der Waals surface area contributed by atoms with Gasteiger partial charge in [0.1, 0.15) is 0 Å². The van der Waals surface area contributed by atoms with E-state index in [4.69, 9.17) is 16.3 Å². The Morgan fingerprint density at radius 1 is 1.11 bits per heavy atom. The van der Waals surface area contributed by atoms with Crippen LogP contribution in [0.15, 0.2) is 42.5 Å². The molecule has 1 N–H and O–H groups in total. The Hall–Kier alpha value is -1.51. The molecular formula is C16H18ClNO. The summed E-state index contributed by atoms with van der Waals surface area (Å²) in [5, 5.41) is 4.12. The van der Waals surface area contributed by atoms with Gasteiger partial charge in [-0.25, -0.2) is 0 Å². The Balaban J connectivity index is 2.05. The van der Waals surface area contributed by atoms with Crippen LogP contribution in [0.25, 0.3) is 0 Å². The van der Waals surface area contributed by atoms with Crippen molar-refractivity contribution in [1.29, 1.82) is 0 Å². The topological polar surface area (TPSA) is 21.3 Å². The van der Waals surface area contributed by atoms with Gasteiger partial charge in [0.15, 0.2) is 0 Å². The van der Waals surface area contributed by atoms with Crippen LogP contribution in [-0.4, -0.2) is 7.11 Å². The van der Waals surface area contributed by atoms with Crippen molar-refractivity contribution in [1.82, 2.24) is 0 Å². The van der Waals surface area contributed by atoms with Gasteiger partial charge in [0, 0.05) is 13.7 Å². The van der Waals surface area contributed by atoms with Crippen LogP contribution in [0.4, 0.5) is 5.69 Å². The van der Waals surface area contributed by atoms with Gasteiger partial charge in [0.25, 0.3) is 0 Å². The first-order chi connectivity index (χ1) is 9.19. The summed E-state index contributed by atoms with van der Waals surface area (Å²) >= 11 is 6.16. The molecule has 0 aliphatic carbocycles. The molecule has 3 heteroatoms. The monoisotopic (exact) mass is 275 g/mol. The van der Waals surface area contributed by atoms with E-state index in [1.165, 1.54) is 16.7 Å². The first-order valence-corrected chi connectivity index (χ1v) is 6.63. The minimum absolute atomic E-state index is 0.638. The second-order valence-corrected chi connectivity index (χ2v) is 5.00. The van der Waals surface area contributed by atoms with E-state index in [0.29, 0.717) is 6.61 Å². The van der Waals surface area contributed by atoms with Gasteiger partial charge >= 0.3 is 0 Å². The Kier molecular flexibility index (Phi) is 4.83. The molecule has 0 radical (unpaired) electrons. The number of nitrogens with one attached hydrogen (secondary N) is 1. The van der Waals surface area contributed by atoms with Crippen molar-refractivity contribution in [3.8, 4) is 0 Å². The lowest BCUT2D eigenvalue weighted by atomic mass is 10.1. The van der Waals surface area contributed by atoms with Gasteiger partial charge in [0.2, 0.25) is 0 Å². The average Bonchev–Trinajstić information content (AvgIpc) is 2.41. The van der Waals surface area contributed by atoms with E-state index in [-0.39, 0.29) is 0 Å². The summed E-state index contributed by atoms with van der Waals surface area (Å²) in [7, 11) is 1.71. The van der Waals surface area contributed by atoms with Gasteiger partial charge in [0.05, 0.1) is 17.3 Å². The highest BCUT2D eigenvalue weighted by molar-refractivity contribution is 6.33. The second-order valence-electron chi connectivity index (χ2n) is 4.59. The van der Waals surface area contributed by atoms with Crippen molar-refractivity contribution < 1.29 is 4.74 Å². The first-order valence-electron chi connectivity index (χ1n) is 6.26. The van der Waals surface area contributed by atoms with Crippen LogP contribution >= 0.6 is 11.6 Å². The summed E-state index contributed by atoms with van der Waals surface area (Å²) in [6, 6.07) is 14.3. The quantitative estimate of drug-likeness (QED) is 0.873. The SMILES string of the molecule is COCc1cccc(CNc2cc(C)ccc2Cl)c1. The minimum Gasteiger partial charge on any atom is -0.380 e. The predicted octanol–water partition coefficient (Wildman–Crippen LogP) is 4.41. The number of benzene rings is 2. The fourth-order valence-electron chi connectivity index (χ4n) is 1.97. The summed E-state index contributed by atoms with van der Waals surface area (Å²) in [4.78, 5) is 0. The van der Waals surface area contributed by atoms with E-state index in [1.54, 1.807) is 7.11 Å². The Morgan fingerprint density at radius 2 is 1.89 bits per heavy atom. The van der Waals surface area contributed by atoms with Crippen LogP contribution < -0.4 is 5.32 Å². The molecule has 2 aromatic carbocycles. The van der Waals surface area contributed by atoms with Gasteiger partial charge in [-0.1, -0.05) is 41.9 Å². The van der Waals surface area contributed by atoms with Crippen molar-refractivity contribution in [2.45, 2.75) is 20.1 Å². The lowest BCUT2D eigenvalue weighted by molar-refractivity contribution is 0.185. The van der Waals surface area contributed by atoms with Crippen LogP contribution in [0.1, 0.15) is 16.7 Å². The molecule has 2 nitrogen and oxygen atoms in total. The molecule has 0 atom stereocenters. The summed E-state index contributed by atoms with van der Waals surface area (Å²) in [6.45, 7) is 3.44. The molecule has 100 valence electrons. The van der Waals surface area contributed by atoms with Crippen molar-refractivity contribution in [3.63, 3.8) is 0 Å². The van der Waals surface area contributed by atoms with Crippen molar-refractivity contribution in [2.24, 2.45) is 0 Å². The highest BCUT2D eigenvalue weighted by Crippen LogP contribution is 2.23. The van der Waals surface area contributed by atoms with Crippen LogP contribution in [0, 0.1) is 6.92 Å². The second kappa shape index (κ2) is 6.60. The molecular weight excluding hydrogens is 258 g/mol. The van der Waals surface area contributed by atoms with Crippen LogP contribution in [-0.2, 0) is 17.9 Å². The number of ether oxygens (including phenoxy) is 1. The number of hydrogen-bond donors (Lipinski definition) is 1. The molecule has 0 aliphatic heterocycles. The Morgan fingerprint density at radius 3 is 2.68 bits per heavy atom. The molecule has 0 amide bonds. The lowest BCUT2D eigenvalue weighted by Crippen LogP contribution is -2.01. The summed E-state index contributed by atoms with van der Waals surface area (Å²) in [6.07, 6.45) is 0. The molecule has 0 aromatic heterocycles. The van der Waals surface area contributed by atoms with E-state index < -0.39 is 0 Å². The Bertz CT molecular complexity index is 554. The fourth-order valence-corrected chi connectivity index (χ4v) is 2.15. The number of rotatable bonds is 5. The standard InChI is InChI=1S/C16H18ClNO/c1-12-6-7-15(17)16(8-12)18-10-13-4-3-5-14(9-13)11-19-2/h3-9,18H,10-11H2,1-2H3. The maximum Gasteiger partial charge on any atom is 0.0713 e. The number of methoxy groups -OCH3 is 1. The highest BCUT2D eigenvalue weighted by Gasteiger charge is 2.01. The highest BCUT2D eigenvalue weighted by atomic mass is 35.5. The van der Waals surface area contributed by atoms with Crippen LogP contribution in [0.5, 0.6) is 0 Å². The molecule has 2 rings (SSSR count). The van der Waals surface area contributed by atoms with E-state index in [0.717, 1.165) is 17.3 Å². The van der Waals surface area contributed by atoms with Gasteiger partial charge < -0.3 is 10.1 Å². The van der Waals surface area contributed by atoms with Crippen molar-refractivity contribution >= 4 is 17.3 Å². The molecule has 19 heavy (non-hydrogen) atoms. The zero-order valence-corrected chi connectivity index (χ0v) is 12.0. The number of hydrogen-bond acceptors (Lipinski definition) is 2. The average molecular weight is 276 g/mol. The van der Waals surface area contributed by atoms with Gasteiger partial charge in [-0.2, -0.15) is 0 Å². The van der Waals surface area contributed by atoms with E-state index in [2.05, 4.69) is 36.5 Å². The normalized spacial score (nSPS) is 10.5.